The number of fused-ring (bicyclic) bond motifs is 9. The van der Waals surface area contributed by atoms with E-state index in [2.05, 4.69) is 192 Å². The highest BCUT2D eigenvalue weighted by atomic mass is 15.2. The highest BCUT2D eigenvalue weighted by Gasteiger charge is 2.51. The zero-order valence-corrected chi connectivity index (χ0v) is 29.2. The summed E-state index contributed by atoms with van der Waals surface area (Å²) in [6.45, 7) is 7.96. The molecular weight excluding hydrogens is 655 g/mol. The van der Waals surface area contributed by atoms with Crippen molar-refractivity contribution in [1.29, 1.82) is 5.26 Å². The summed E-state index contributed by atoms with van der Waals surface area (Å²) in [6.07, 6.45) is 0. The van der Waals surface area contributed by atoms with Gasteiger partial charge in [-0.15, -0.1) is 0 Å². The molecule has 3 nitrogen and oxygen atoms in total. The minimum Gasteiger partial charge on any atom is -0.310 e. The Balaban J connectivity index is 1.20. The van der Waals surface area contributed by atoms with Crippen molar-refractivity contribution >= 4 is 22.7 Å². The highest BCUT2D eigenvalue weighted by molar-refractivity contribution is 5.97. The fraction of sp³-hybridized carbons (Fsp3) is 0.0196. The van der Waals surface area contributed by atoms with Crippen molar-refractivity contribution in [3.8, 4) is 50.6 Å². The molecule has 0 amide bonds. The number of benzene rings is 8. The Morgan fingerprint density at radius 2 is 0.963 bits per heavy atom. The molecule has 54 heavy (non-hydrogen) atoms. The SMILES string of the molecule is [C-]#[N+]c1ccc2c(c1)C1(c3cc(C#N)ccc3-2)c2ccccc2N(c2cccc(-c3cc(-c4ccccc4)cc(-c4ccccc4)c3)c2)c2ccccc21. The van der Waals surface area contributed by atoms with Crippen molar-refractivity contribution in [2.75, 3.05) is 4.90 Å². The van der Waals surface area contributed by atoms with Gasteiger partial charge in [0.2, 0.25) is 0 Å². The predicted molar refractivity (Wildman–Crippen MR) is 219 cm³/mol. The van der Waals surface area contributed by atoms with Gasteiger partial charge in [0.1, 0.15) is 0 Å². The van der Waals surface area contributed by atoms with E-state index in [1.807, 2.05) is 12.1 Å². The van der Waals surface area contributed by atoms with Crippen LogP contribution in [-0.4, -0.2) is 0 Å². The van der Waals surface area contributed by atoms with Crippen LogP contribution in [0.2, 0.25) is 0 Å². The number of hydrogen-bond donors (Lipinski definition) is 0. The molecule has 1 spiro atoms. The molecule has 10 rings (SSSR count). The summed E-state index contributed by atoms with van der Waals surface area (Å²) >= 11 is 0. The van der Waals surface area contributed by atoms with E-state index in [0.29, 0.717) is 11.3 Å². The van der Waals surface area contributed by atoms with Crippen LogP contribution in [0.5, 0.6) is 0 Å². The topological polar surface area (TPSA) is 31.4 Å². The van der Waals surface area contributed by atoms with Gasteiger partial charge in [-0.1, -0.05) is 133 Å². The van der Waals surface area contributed by atoms with E-state index in [1.54, 1.807) is 0 Å². The highest BCUT2D eigenvalue weighted by Crippen LogP contribution is 2.63. The van der Waals surface area contributed by atoms with Gasteiger partial charge < -0.3 is 4.90 Å². The van der Waals surface area contributed by atoms with E-state index >= 15 is 0 Å². The van der Waals surface area contributed by atoms with Crippen molar-refractivity contribution in [1.82, 2.24) is 0 Å². The van der Waals surface area contributed by atoms with Gasteiger partial charge in [-0.05, 0) is 121 Å². The predicted octanol–water partition coefficient (Wildman–Crippen LogP) is 13.3. The fourth-order valence-corrected chi connectivity index (χ4v) is 8.77. The molecule has 8 aromatic carbocycles. The van der Waals surface area contributed by atoms with Gasteiger partial charge >= 0.3 is 0 Å². The molecule has 8 aromatic rings. The van der Waals surface area contributed by atoms with Gasteiger partial charge in [-0.3, -0.25) is 0 Å². The van der Waals surface area contributed by atoms with Gasteiger partial charge in [0.05, 0.1) is 35.0 Å². The summed E-state index contributed by atoms with van der Waals surface area (Å²) in [6, 6.07) is 68.6. The van der Waals surface area contributed by atoms with Gasteiger partial charge in [-0.25, -0.2) is 4.85 Å². The molecule has 0 saturated heterocycles. The van der Waals surface area contributed by atoms with Crippen molar-refractivity contribution in [2.24, 2.45) is 0 Å². The standard InChI is InChI=1S/C51H31N3/c1-53-41-24-26-44-43-25-23-34(33-52)27-47(43)51(48(44)32-41)45-19-8-10-21-49(45)54(50-22-11-9-20-46(50)51)42-18-12-17-37(31-42)40-29-38(35-13-4-2-5-14-35)28-39(30-40)36-15-6-3-7-16-36/h2-32H. The van der Waals surface area contributed by atoms with Gasteiger partial charge in [-0.2, -0.15) is 5.26 Å². The van der Waals surface area contributed by atoms with Crippen molar-refractivity contribution in [2.45, 2.75) is 5.41 Å². The maximum absolute atomic E-state index is 10.1. The minimum absolute atomic E-state index is 0.596. The molecule has 0 radical (unpaired) electrons. The quantitative estimate of drug-likeness (QED) is 0.173. The molecule has 0 unspecified atom stereocenters. The van der Waals surface area contributed by atoms with E-state index in [-0.39, 0.29) is 0 Å². The summed E-state index contributed by atoms with van der Waals surface area (Å²) < 4.78 is 0. The summed E-state index contributed by atoms with van der Waals surface area (Å²) in [5, 5.41) is 10.1. The number of rotatable bonds is 4. The smallest absolute Gasteiger partial charge is 0.187 e. The first-order chi connectivity index (χ1) is 26.7. The Bertz CT molecular complexity index is 2690. The van der Waals surface area contributed by atoms with Crippen molar-refractivity contribution in [3.63, 3.8) is 0 Å². The molecule has 0 aromatic heterocycles. The van der Waals surface area contributed by atoms with Crippen LogP contribution in [0.1, 0.15) is 27.8 Å². The molecule has 0 bridgehead atoms. The third kappa shape index (κ3) is 4.66. The molecule has 3 heteroatoms. The van der Waals surface area contributed by atoms with E-state index in [9.17, 15) is 5.26 Å². The first-order valence-corrected chi connectivity index (χ1v) is 18.1. The Morgan fingerprint density at radius 3 is 1.56 bits per heavy atom. The van der Waals surface area contributed by atoms with E-state index < -0.39 is 5.41 Å². The lowest BCUT2D eigenvalue weighted by Gasteiger charge is -2.45. The number of nitriles is 1. The van der Waals surface area contributed by atoms with Crippen molar-refractivity contribution in [3.05, 3.63) is 227 Å². The van der Waals surface area contributed by atoms with Crippen LogP contribution < -0.4 is 4.90 Å². The monoisotopic (exact) mass is 685 g/mol. The number of anilines is 3. The zero-order chi connectivity index (χ0) is 36.2. The summed E-state index contributed by atoms with van der Waals surface area (Å²) in [5.74, 6) is 0. The lowest BCUT2D eigenvalue weighted by atomic mass is 9.64. The Kier molecular flexibility index (Phi) is 7.15. The Morgan fingerprint density at radius 1 is 0.444 bits per heavy atom. The maximum Gasteiger partial charge on any atom is 0.187 e. The number of para-hydroxylation sites is 2. The molecule has 2 aliphatic rings. The van der Waals surface area contributed by atoms with Crippen LogP contribution in [0.3, 0.4) is 0 Å². The first-order valence-electron chi connectivity index (χ1n) is 18.1. The second kappa shape index (κ2) is 12.3. The molecule has 1 aliphatic carbocycles. The zero-order valence-electron chi connectivity index (χ0n) is 29.2. The second-order valence-corrected chi connectivity index (χ2v) is 13.9. The third-order valence-electron chi connectivity index (χ3n) is 11.1. The average Bonchev–Trinajstić information content (AvgIpc) is 3.53. The van der Waals surface area contributed by atoms with Crippen LogP contribution in [-0.2, 0) is 5.41 Å². The molecule has 0 N–H and O–H groups in total. The summed E-state index contributed by atoms with van der Waals surface area (Å²) in [7, 11) is 0. The van der Waals surface area contributed by atoms with E-state index in [4.69, 9.17) is 6.57 Å². The van der Waals surface area contributed by atoms with Gasteiger partial charge in [0.15, 0.2) is 5.69 Å². The molecule has 0 atom stereocenters. The largest absolute Gasteiger partial charge is 0.310 e. The first kappa shape index (κ1) is 31.3. The molecule has 1 heterocycles. The van der Waals surface area contributed by atoms with Crippen LogP contribution in [0.25, 0.3) is 49.4 Å². The average molecular weight is 686 g/mol. The number of nitrogens with zero attached hydrogens (tertiary/aromatic N) is 3. The molecule has 1 aliphatic heterocycles. The Hall–Kier alpha value is -7.46. The molecule has 250 valence electrons. The Labute approximate surface area is 315 Å². The summed E-state index contributed by atoms with van der Waals surface area (Å²) in [5.41, 5.74) is 17.2. The third-order valence-corrected chi connectivity index (χ3v) is 11.1. The maximum atomic E-state index is 10.1. The lowest BCUT2D eigenvalue weighted by Crippen LogP contribution is -2.36. The second-order valence-electron chi connectivity index (χ2n) is 13.9. The van der Waals surface area contributed by atoms with E-state index in [0.717, 1.165) is 61.6 Å². The molecular formula is C51H31N3. The van der Waals surface area contributed by atoms with Gasteiger partial charge in [0, 0.05) is 5.69 Å². The fourth-order valence-electron chi connectivity index (χ4n) is 8.77. The molecule has 0 fully saturated rings. The van der Waals surface area contributed by atoms with Gasteiger partial charge in [0.25, 0.3) is 0 Å². The van der Waals surface area contributed by atoms with Crippen LogP contribution in [0, 0.1) is 17.9 Å². The lowest BCUT2D eigenvalue weighted by molar-refractivity contribution is 0.753. The van der Waals surface area contributed by atoms with Crippen LogP contribution in [0.15, 0.2) is 188 Å². The van der Waals surface area contributed by atoms with E-state index in [1.165, 1.54) is 22.3 Å². The van der Waals surface area contributed by atoms with Crippen LogP contribution in [0.4, 0.5) is 22.7 Å². The van der Waals surface area contributed by atoms with Crippen molar-refractivity contribution < 1.29 is 0 Å². The molecule has 0 saturated carbocycles. The van der Waals surface area contributed by atoms with Crippen LogP contribution >= 0.6 is 0 Å². The summed E-state index contributed by atoms with van der Waals surface area (Å²) in [4.78, 5) is 6.25. The number of hydrogen-bond acceptors (Lipinski definition) is 2. The normalized spacial score (nSPS) is 12.9. The minimum atomic E-state index is -0.728.